The highest BCUT2D eigenvalue weighted by molar-refractivity contribution is 4.60. The summed E-state index contributed by atoms with van der Waals surface area (Å²) in [5.74, 6) is 0. The molecule has 0 heterocycles. The minimum absolute atomic E-state index is 0.750. The number of aliphatic hydroxyl groups is 1. The van der Waals surface area contributed by atoms with Crippen molar-refractivity contribution in [2.45, 2.75) is 13.3 Å². The average molecular weight is 100 g/mol. The van der Waals surface area contributed by atoms with E-state index in [4.69, 9.17) is 5.11 Å². The van der Waals surface area contributed by atoms with Gasteiger partial charge in [0.25, 0.3) is 0 Å². The topological polar surface area (TPSA) is 20.2 Å². The summed E-state index contributed by atoms with van der Waals surface area (Å²) >= 11 is 0. The molecule has 0 spiro atoms. The number of hydrogen-bond donors (Lipinski definition) is 1. The lowest BCUT2D eigenvalue weighted by molar-refractivity contribution is 0.476. The summed E-state index contributed by atoms with van der Waals surface area (Å²) in [6, 6.07) is 0. The fourth-order valence-corrected chi connectivity index (χ4v) is 0. The minimum atomic E-state index is 0.750. The summed E-state index contributed by atoms with van der Waals surface area (Å²) in [5, 5.41) is 7.33. The molecule has 0 saturated carbocycles. The molecule has 0 unspecified atom stereocenters. The Hall–Kier alpha value is -0.720. The van der Waals surface area contributed by atoms with Gasteiger partial charge in [0.05, 0.1) is 6.26 Å². The molecule has 0 amide bonds. The van der Waals surface area contributed by atoms with Crippen molar-refractivity contribution >= 4 is 0 Å². The van der Waals surface area contributed by atoms with Crippen molar-refractivity contribution in [1.29, 1.82) is 0 Å². The van der Waals surface area contributed by atoms with Gasteiger partial charge < -0.3 is 5.11 Å². The second kappa shape index (κ2) is 18.6. The summed E-state index contributed by atoms with van der Waals surface area (Å²) in [5.41, 5.74) is 0. The lowest BCUT2D eigenvalue weighted by Gasteiger charge is -1.57. The van der Waals surface area contributed by atoms with Gasteiger partial charge in [-0.15, -0.1) is 6.58 Å². The Kier molecular flexibility index (Phi) is 25.4. The highest BCUT2D eigenvalue weighted by Crippen LogP contribution is 1.66. The molecule has 0 aliphatic rings. The van der Waals surface area contributed by atoms with Crippen molar-refractivity contribution < 1.29 is 5.11 Å². The lowest BCUT2D eigenvalue weighted by Crippen LogP contribution is -1.36. The lowest BCUT2D eigenvalue weighted by atomic mass is 10.5. The fraction of sp³-hybridized carbons (Fsp3) is 0.333. The van der Waals surface area contributed by atoms with Crippen molar-refractivity contribution in [2.24, 2.45) is 0 Å². The van der Waals surface area contributed by atoms with Crippen molar-refractivity contribution in [3.63, 3.8) is 0 Å². The molecule has 42 valence electrons. The first-order chi connectivity index (χ1) is 3.33. The highest BCUT2D eigenvalue weighted by Gasteiger charge is 1.45. The van der Waals surface area contributed by atoms with Crippen LogP contribution in [-0.4, -0.2) is 5.11 Å². The van der Waals surface area contributed by atoms with Crippen LogP contribution in [0.25, 0.3) is 0 Å². The average Bonchev–Trinajstić information content (AvgIpc) is 1.69. The molecule has 0 aliphatic carbocycles. The van der Waals surface area contributed by atoms with Gasteiger partial charge in [-0.05, 0) is 6.42 Å². The Bertz CT molecular complexity index is 39.4. The Morgan fingerprint density at radius 1 is 1.57 bits per heavy atom. The molecular weight excluding hydrogens is 88.1 g/mol. The molecule has 0 bridgehead atoms. The third-order valence-electron chi connectivity index (χ3n) is 0.289. The van der Waals surface area contributed by atoms with E-state index in [2.05, 4.69) is 20.1 Å². The van der Waals surface area contributed by atoms with Gasteiger partial charge in [0.2, 0.25) is 0 Å². The maximum Gasteiger partial charge on any atom is 0.0719 e. The summed E-state index contributed by atoms with van der Waals surface area (Å²) < 4.78 is 0. The molecule has 0 atom stereocenters. The van der Waals surface area contributed by atoms with Crippen molar-refractivity contribution in [3.05, 3.63) is 25.5 Å². The molecular formula is C6H12O. The maximum atomic E-state index is 7.33. The van der Waals surface area contributed by atoms with Gasteiger partial charge >= 0.3 is 0 Å². The zero-order valence-electron chi connectivity index (χ0n) is 4.72. The smallest absolute Gasteiger partial charge is 0.0719 e. The second-order valence-electron chi connectivity index (χ2n) is 0.879. The van der Waals surface area contributed by atoms with Crippen LogP contribution in [-0.2, 0) is 0 Å². The zero-order valence-corrected chi connectivity index (χ0v) is 4.72. The number of rotatable bonds is 1. The molecule has 0 fully saturated rings. The van der Waals surface area contributed by atoms with Crippen molar-refractivity contribution in [3.8, 4) is 0 Å². The van der Waals surface area contributed by atoms with Crippen LogP contribution >= 0.6 is 0 Å². The number of allylic oxidation sites excluding steroid dienone is 1. The van der Waals surface area contributed by atoms with Gasteiger partial charge in [0.15, 0.2) is 0 Å². The Balaban J connectivity index is 0. The predicted octanol–water partition coefficient (Wildman–Crippen LogP) is 2.27. The van der Waals surface area contributed by atoms with E-state index in [0.717, 1.165) is 12.7 Å². The van der Waals surface area contributed by atoms with E-state index >= 15 is 0 Å². The minimum Gasteiger partial charge on any atom is -0.516 e. The SMILES string of the molecule is C=CCC.C=CO. The largest absolute Gasteiger partial charge is 0.516 e. The van der Waals surface area contributed by atoms with Gasteiger partial charge in [0, 0.05) is 0 Å². The van der Waals surface area contributed by atoms with E-state index in [1.54, 1.807) is 0 Å². The quantitative estimate of drug-likeness (QED) is 0.396. The Labute approximate surface area is 45.0 Å². The van der Waals surface area contributed by atoms with E-state index in [9.17, 15) is 0 Å². The molecule has 0 aromatic heterocycles. The molecule has 1 nitrogen and oxygen atoms in total. The summed E-state index contributed by atoms with van der Waals surface area (Å²) in [6.07, 6.45) is 3.71. The summed E-state index contributed by atoms with van der Waals surface area (Å²) in [6.45, 7) is 8.46. The molecule has 1 N–H and O–H groups in total. The van der Waals surface area contributed by atoms with Crippen LogP contribution in [0.15, 0.2) is 25.5 Å². The normalized spacial score (nSPS) is 5.29. The second-order valence-corrected chi connectivity index (χ2v) is 0.879. The molecule has 0 saturated heterocycles. The van der Waals surface area contributed by atoms with Crippen LogP contribution < -0.4 is 0 Å². The number of hydrogen-bond acceptors (Lipinski definition) is 1. The molecule has 0 aromatic rings. The van der Waals surface area contributed by atoms with E-state index in [0.29, 0.717) is 0 Å². The van der Waals surface area contributed by atoms with Crippen LogP contribution in [0.1, 0.15) is 13.3 Å². The first-order valence-electron chi connectivity index (χ1n) is 2.19. The van der Waals surface area contributed by atoms with Gasteiger partial charge in [-0.2, -0.15) is 0 Å². The highest BCUT2D eigenvalue weighted by atomic mass is 16.2. The first kappa shape index (κ1) is 9.56. The zero-order chi connectivity index (χ0) is 6.12. The van der Waals surface area contributed by atoms with Crippen LogP contribution in [0, 0.1) is 0 Å². The Morgan fingerprint density at radius 2 is 1.71 bits per heavy atom. The van der Waals surface area contributed by atoms with Crippen LogP contribution in [0.4, 0.5) is 0 Å². The molecule has 7 heavy (non-hydrogen) atoms. The van der Waals surface area contributed by atoms with Gasteiger partial charge in [0.1, 0.15) is 0 Å². The van der Waals surface area contributed by atoms with E-state index in [1.807, 2.05) is 6.08 Å². The van der Waals surface area contributed by atoms with Crippen LogP contribution in [0.3, 0.4) is 0 Å². The molecule has 0 radical (unpaired) electrons. The van der Waals surface area contributed by atoms with Gasteiger partial charge in [-0.25, -0.2) is 0 Å². The van der Waals surface area contributed by atoms with Gasteiger partial charge in [-0.1, -0.05) is 19.6 Å². The number of aliphatic hydroxyl groups excluding tert-OH is 1. The third-order valence-corrected chi connectivity index (χ3v) is 0.289. The van der Waals surface area contributed by atoms with Crippen LogP contribution in [0.5, 0.6) is 0 Å². The predicted molar refractivity (Wildman–Crippen MR) is 33.3 cm³/mol. The third kappa shape index (κ3) is 725. The molecule has 0 aliphatic heterocycles. The molecule has 0 rings (SSSR count). The standard InChI is InChI=1S/C4H8.C2H4O/c1-3-4-2;1-2-3/h3H,1,4H2,2H3;2-3H,1H2. The first-order valence-corrected chi connectivity index (χ1v) is 2.19. The fourth-order valence-electron chi connectivity index (χ4n) is 0. The van der Waals surface area contributed by atoms with E-state index < -0.39 is 0 Å². The van der Waals surface area contributed by atoms with Crippen molar-refractivity contribution in [2.75, 3.05) is 0 Å². The Morgan fingerprint density at radius 3 is 1.71 bits per heavy atom. The van der Waals surface area contributed by atoms with Gasteiger partial charge in [-0.3, -0.25) is 0 Å². The van der Waals surface area contributed by atoms with E-state index in [-0.39, 0.29) is 0 Å². The molecule has 1 heteroatoms. The summed E-state index contributed by atoms with van der Waals surface area (Å²) in [7, 11) is 0. The molecule has 0 aromatic carbocycles. The monoisotopic (exact) mass is 100 g/mol. The van der Waals surface area contributed by atoms with E-state index in [1.165, 1.54) is 0 Å². The van der Waals surface area contributed by atoms with Crippen LogP contribution in [0.2, 0.25) is 0 Å². The van der Waals surface area contributed by atoms with Crippen molar-refractivity contribution in [1.82, 2.24) is 0 Å². The summed E-state index contributed by atoms with van der Waals surface area (Å²) in [4.78, 5) is 0. The maximum absolute atomic E-state index is 7.33.